The third kappa shape index (κ3) is 2.41. The summed E-state index contributed by atoms with van der Waals surface area (Å²) in [7, 11) is 0. The predicted octanol–water partition coefficient (Wildman–Crippen LogP) is 2.37. The molecule has 0 amide bonds. The van der Waals surface area contributed by atoms with E-state index in [2.05, 4.69) is 17.1 Å². The van der Waals surface area contributed by atoms with E-state index in [9.17, 15) is 0 Å². The molecule has 2 rings (SSSR count). The van der Waals surface area contributed by atoms with Gasteiger partial charge < -0.3 is 0 Å². The maximum absolute atomic E-state index is 4.25. The Morgan fingerprint density at radius 2 is 1.46 bits per heavy atom. The molecule has 1 aromatic heterocycles. The van der Waals surface area contributed by atoms with Gasteiger partial charge in [-0.1, -0.05) is 36.4 Å². The smallest absolute Gasteiger partial charge is 0.0701 e. The fourth-order valence-corrected chi connectivity index (χ4v) is 1.14. The normalized spacial score (nSPS) is 8.92. The van der Waals surface area contributed by atoms with Crippen LogP contribution in [0.15, 0.2) is 54.7 Å². The summed E-state index contributed by atoms with van der Waals surface area (Å²) in [5, 5.41) is 0. The van der Waals surface area contributed by atoms with Crippen LogP contribution in [0.5, 0.6) is 0 Å². The molecule has 1 nitrogen and oxygen atoms in total. The molecule has 0 spiro atoms. The average Bonchev–Trinajstić information content (AvgIpc) is 2.21. The number of hydrogen-bond donors (Lipinski definition) is 0. The van der Waals surface area contributed by atoms with E-state index in [-0.39, 0.29) is 17.1 Å². The summed E-state index contributed by atoms with van der Waals surface area (Å²) in [6.45, 7) is 0. The zero-order valence-corrected chi connectivity index (χ0v) is 8.76. The molecular weight excluding hydrogens is 225 g/mol. The number of hydrogen-bond acceptors (Lipinski definition) is 1. The minimum atomic E-state index is 0. The SMILES string of the molecule is [Se].c1ccc(-c2ccccn2)cc1. The molecule has 2 radical (unpaired) electrons. The first-order valence-corrected chi connectivity index (χ1v) is 3.93. The molecule has 0 aliphatic heterocycles. The Balaban J connectivity index is 0.000000845. The minimum absolute atomic E-state index is 0. The van der Waals surface area contributed by atoms with Gasteiger partial charge in [-0.2, -0.15) is 0 Å². The average molecular weight is 234 g/mol. The summed E-state index contributed by atoms with van der Waals surface area (Å²) in [5.74, 6) is 0. The predicted molar refractivity (Wildman–Crippen MR) is 55.4 cm³/mol. The Hall–Kier alpha value is -1.11. The monoisotopic (exact) mass is 235 g/mol. The summed E-state index contributed by atoms with van der Waals surface area (Å²) in [6.07, 6.45) is 1.81. The van der Waals surface area contributed by atoms with Crippen LogP contribution in [0.2, 0.25) is 0 Å². The van der Waals surface area contributed by atoms with Gasteiger partial charge in [-0.05, 0) is 12.1 Å². The Labute approximate surface area is 88.3 Å². The van der Waals surface area contributed by atoms with Gasteiger partial charge in [0.2, 0.25) is 0 Å². The molecule has 0 bridgehead atoms. The Morgan fingerprint density at radius 3 is 2.08 bits per heavy atom. The number of benzene rings is 1. The van der Waals surface area contributed by atoms with E-state index < -0.39 is 0 Å². The van der Waals surface area contributed by atoms with Crippen LogP contribution in [0.25, 0.3) is 11.3 Å². The third-order valence-electron chi connectivity index (χ3n) is 1.73. The topological polar surface area (TPSA) is 12.9 Å². The molecule has 0 N–H and O–H groups in total. The van der Waals surface area contributed by atoms with Gasteiger partial charge in [-0.15, -0.1) is 0 Å². The van der Waals surface area contributed by atoms with Crippen LogP contribution in [-0.4, -0.2) is 22.1 Å². The van der Waals surface area contributed by atoms with Gasteiger partial charge in [0.05, 0.1) is 5.69 Å². The Morgan fingerprint density at radius 1 is 0.769 bits per heavy atom. The molecule has 0 unspecified atom stereocenters. The summed E-state index contributed by atoms with van der Waals surface area (Å²) < 4.78 is 0. The first kappa shape index (κ1) is 9.97. The maximum Gasteiger partial charge on any atom is 0.0701 e. The molecule has 13 heavy (non-hydrogen) atoms. The molecule has 1 heterocycles. The first-order chi connectivity index (χ1) is 5.97. The van der Waals surface area contributed by atoms with Gasteiger partial charge >= 0.3 is 0 Å². The largest absolute Gasteiger partial charge is 0.256 e. The fraction of sp³-hybridized carbons (Fsp3) is 0. The van der Waals surface area contributed by atoms with Crippen molar-refractivity contribution < 1.29 is 0 Å². The van der Waals surface area contributed by atoms with E-state index in [4.69, 9.17) is 0 Å². The van der Waals surface area contributed by atoms with Crippen molar-refractivity contribution in [2.75, 3.05) is 0 Å². The molecule has 0 fully saturated rings. The standard InChI is InChI=1S/C11H9N.Se/c1-2-6-10(7-3-1)11-8-4-5-9-12-11;/h1-9H;. The van der Waals surface area contributed by atoms with Crippen molar-refractivity contribution in [3.63, 3.8) is 0 Å². The second-order valence-corrected chi connectivity index (χ2v) is 2.58. The van der Waals surface area contributed by atoms with E-state index in [1.54, 1.807) is 0 Å². The van der Waals surface area contributed by atoms with Crippen LogP contribution >= 0.6 is 0 Å². The van der Waals surface area contributed by atoms with Crippen molar-refractivity contribution in [2.24, 2.45) is 0 Å². The molecule has 0 saturated heterocycles. The summed E-state index contributed by atoms with van der Waals surface area (Å²) in [6, 6.07) is 16.1. The van der Waals surface area contributed by atoms with Crippen molar-refractivity contribution in [3.8, 4) is 11.3 Å². The van der Waals surface area contributed by atoms with E-state index in [1.165, 1.54) is 0 Å². The molecular formula is C11H9NSe. The molecule has 0 saturated carbocycles. The molecule has 0 atom stereocenters. The number of aromatic nitrogens is 1. The Bertz CT molecular complexity index is 307. The van der Waals surface area contributed by atoms with Gasteiger partial charge in [-0.25, -0.2) is 0 Å². The van der Waals surface area contributed by atoms with Crippen LogP contribution in [0.1, 0.15) is 0 Å². The van der Waals surface area contributed by atoms with Crippen molar-refractivity contribution in [3.05, 3.63) is 54.7 Å². The zero-order valence-electron chi connectivity index (χ0n) is 7.05. The second kappa shape index (κ2) is 4.80. The molecule has 2 heteroatoms. The van der Waals surface area contributed by atoms with Gasteiger partial charge in [0.1, 0.15) is 0 Å². The molecule has 64 valence electrons. The molecule has 1 aromatic carbocycles. The van der Waals surface area contributed by atoms with E-state index >= 15 is 0 Å². The van der Waals surface area contributed by atoms with Crippen molar-refractivity contribution in [1.29, 1.82) is 0 Å². The van der Waals surface area contributed by atoms with Gasteiger partial charge in [0.15, 0.2) is 0 Å². The van der Waals surface area contributed by atoms with Crippen LogP contribution in [0.4, 0.5) is 0 Å². The third-order valence-corrected chi connectivity index (χ3v) is 1.73. The Kier molecular flexibility index (Phi) is 3.69. The number of pyridine rings is 1. The minimum Gasteiger partial charge on any atom is -0.256 e. The first-order valence-electron chi connectivity index (χ1n) is 3.93. The van der Waals surface area contributed by atoms with E-state index in [0.717, 1.165) is 11.3 Å². The number of nitrogens with zero attached hydrogens (tertiary/aromatic N) is 1. The van der Waals surface area contributed by atoms with Crippen LogP contribution in [-0.2, 0) is 0 Å². The maximum atomic E-state index is 4.25. The quantitative estimate of drug-likeness (QED) is 0.690. The van der Waals surface area contributed by atoms with Gasteiger partial charge in [0, 0.05) is 28.8 Å². The zero-order chi connectivity index (χ0) is 8.23. The van der Waals surface area contributed by atoms with Crippen LogP contribution in [0.3, 0.4) is 0 Å². The van der Waals surface area contributed by atoms with Crippen molar-refractivity contribution in [1.82, 2.24) is 4.98 Å². The second-order valence-electron chi connectivity index (χ2n) is 2.58. The van der Waals surface area contributed by atoms with Crippen molar-refractivity contribution >= 4 is 17.1 Å². The van der Waals surface area contributed by atoms with E-state index in [0.29, 0.717) is 0 Å². The summed E-state index contributed by atoms with van der Waals surface area (Å²) in [5.41, 5.74) is 2.19. The number of rotatable bonds is 1. The fourth-order valence-electron chi connectivity index (χ4n) is 1.14. The van der Waals surface area contributed by atoms with Crippen molar-refractivity contribution in [2.45, 2.75) is 0 Å². The van der Waals surface area contributed by atoms with Gasteiger partial charge in [-0.3, -0.25) is 4.98 Å². The molecule has 2 aromatic rings. The van der Waals surface area contributed by atoms with E-state index in [1.807, 2.05) is 42.6 Å². The molecule has 0 aliphatic rings. The van der Waals surface area contributed by atoms with Gasteiger partial charge in [0.25, 0.3) is 0 Å². The summed E-state index contributed by atoms with van der Waals surface area (Å²) in [4.78, 5) is 4.25. The van der Waals surface area contributed by atoms with Crippen LogP contribution < -0.4 is 0 Å². The molecule has 0 aliphatic carbocycles. The van der Waals surface area contributed by atoms with Crippen LogP contribution in [0, 0.1) is 0 Å². The summed E-state index contributed by atoms with van der Waals surface area (Å²) >= 11 is 0.